The SMILES string of the molecule is C#CCNS(=O)(=O)c1ccc(C(=O)N2CCN(Cc3cccc(C(F)(F)F)c3)CC2)cc1. The van der Waals surface area contributed by atoms with E-state index in [-0.39, 0.29) is 17.3 Å². The first-order chi connectivity index (χ1) is 15.1. The molecule has 3 rings (SSSR count). The Morgan fingerprint density at radius 1 is 1.06 bits per heavy atom. The molecule has 1 fully saturated rings. The summed E-state index contributed by atoms with van der Waals surface area (Å²) in [6, 6.07) is 10.8. The van der Waals surface area contributed by atoms with Crippen LogP contribution in [0.25, 0.3) is 0 Å². The van der Waals surface area contributed by atoms with Gasteiger partial charge in [0.15, 0.2) is 0 Å². The molecule has 1 heterocycles. The minimum absolute atomic E-state index is 0.00945. The van der Waals surface area contributed by atoms with Gasteiger partial charge >= 0.3 is 6.18 Å². The largest absolute Gasteiger partial charge is 0.416 e. The van der Waals surface area contributed by atoms with Crippen LogP contribution in [0.5, 0.6) is 0 Å². The van der Waals surface area contributed by atoms with Gasteiger partial charge in [-0.15, -0.1) is 6.42 Å². The van der Waals surface area contributed by atoms with E-state index >= 15 is 0 Å². The first kappa shape index (κ1) is 23.8. The number of rotatable bonds is 6. The van der Waals surface area contributed by atoms with E-state index in [9.17, 15) is 26.4 Å². The maximum atomic E-state index is 12.9. The average Bonchev–Trinajstić information content (AvgIpc) is 2.77. The number of amides is 1. The quantitative estimate of drug-likeness (QED) is 0.666. The molecule has 0 unspecified atom stereocenters. The van der Waals surface area contributed by atoms with Crippen molar-refractivity contribution in [1.82, 2.24) is 14.5 Å². The van der Waals surface area contributed by atoms with Gasteiger partial charge in [0.2, 0.25) is 10.0 Å². The van der Waals surface area contributed by atoms with Crippen LogP contribution in [0.3, 0.4) is 0 Å². The summed E-state index contributed by atoms with van der Waals surface area (Å²) in [6.45, 7) is 2.11. The van der Waals surface area contributed by atoms with Crippen molar-refractivity contribution in [1.29, 1.82) is 0 Å². The van der Waals surface area contributed by atoms with E-state index in [1.807, 2.05) is 4.90 Å². The van der Waals surface area contributed by atoms with Crippen LogP contribution >= 0.6 is 0 Å². The molecule has 0 bridgehead atoms. The number of carbonyl (C=O) groups excluding carboxylic acids is 1. The fourth-order valence-electron chi connectivity index (χ4n) is 3.39. The molecule has 32 heavy (non-hydrogen) atoms. The molecule has 0 atom stereocenters. The predicted molar refractivity (Wildman–Crippen MR) is 113 cm³/mol. The molecule has 170 valence electrons. The van der Waals surface area contributed by atoms with Gasteiger partial charge in [0.25, 0.3) is 5.91 Å². The molecule has 0 spiro atoms. The molecule has 0 saturated carbocycles. The molecule has 1 N–H and O–H groups in total. The lowest BCUT2D eigenvalue weighted by molar-refractivity contribution is -0.137. The molecule has 1 aliphatic rings. The summed E-state index contributed by atoms with van der Waals surface area (Å²) in [6.07, 6.45) is 0.680. The third-order valence-corrected chi connectivity index (χ3v) is 6.51. The Hall–Kier alpha value is -2.87. The Morgan fingerprint density at radius 3 is 2.31 bits per heavy atom. The third-order valence-electron chi connectivity index (χ3n) is 5.10. The predicted octanol–water partition coefficient (Wildman–Crippen LogP) is 2.57. The van der Waals surface area contributed by atoms with Gasteiger partial charge in [-0.1, -0.05) is 24.1 Å². The van der Waals surface area contributed by atoms with Crippen LogP contribution in [-0.2, 0) is 22.7 Å². The van der Waals surface area contributed by atoms with Crippen molar-refractivity contribution < 1.29 is 26.4 Å². The van der Waals surface area contributed by atoms with E-state index in [2.05, 4.69) is 10.6 Å². The van der Waals surface area contributed by atoms with Crippen molar-refractivity contribution in [2.75, 3.05) is 32.7 Å². The Bertz CT molecular complexity index is 1100. The number of alkyl halides is 3. The molecule has 0 radical (unpaired) electrons. The van der Waals surface area contributed by atoms with Gasteiger partial charge < -0.3 is 4.90 Å². The Balaban J connectivity index is 1.57. The summed E-state index contributed by atoms with van der Waals surface area (Å²) in [5.41, 5.74) is 0.242. The first-order valence-electron chi connectivity index (χ1n) is 9.81. The minimum Gasteiger partial charge on any atom is -0.336 e. The number of hydrogen-bond donors (Lipinski definition) is 1. The Morgan fingerprint density at radius 2 is 1.72 bits per heavy atom. The highest BCUT2D eigenvalue weighted by atomic mass is 32.2. The monoisotopic (exact) mass is 465 g/mol. The zero-order valence-corrected chi connectivity index (χ0v) is 17.9. The fourth-order valence-corrected chi connectivity index (χ4v) is 4.33. The smallest absolute Gasteiger partial charge is 0.336 e. The molecule has 0 aliphatic carbocycles. The summed E-state index contributed by atoms with van der Waals surface area (Å²) >= 11 is 0. The lowest BCUT2D eigenvalue weighted by Crippen LogP contribution is -2.48. The highest BCUT2D eigenvalue weighted by Crippen LogP contribution is 2.29. The van der Waals surface area contributed by atoms with Crippen molar-refractivity contribution in [3.8, 4) is 12.3 Å². The van der Waals surface area contributed by atoms with Crippen molar-refractivity contribution in [2.45, 2.75) is 17.6 Å². The molecule has 2 aromatic carbocycles. The van der Waals surface area contributed by atoms with Gasteiger partial charge in [0.05, 0.1) is 17.0 Å². The van der Waals surface area contributed by atoms with Crippen LogP contribution in [0, 0.1) is 12.3 Å². The van der Waals surface area contributed by atoms with E-state index in [0.717, 1.165) is 12.1 Å². The van der Waals surface area contributed by atoms with Crippen LogP contribution in [0.15, 0.2) is 53.4 Å². The Kier molecular flexibility index (Phi) is 7.23. The molecule has 1 saturated heterocycles. The first-order valence-corrected chi connectivity index (χ1v) is 11.3. The second-order valence-corrected chi connectivity index (χ2v) is 9.09. The normalized spacial score (nSPS) is 15.4. The number of benzene rings is 2. The van der Waals surface area contributed by atoms with Crippen molar-refractivity contribution in [3.05, 3.63) is 65.2 Å². The molecule has 2 aromatic rings. The highest BCUT2D eigenvalue weighted by molar-refractivity contribution is 7.89. The molecular weight excluding hydrogens is 443 g/mol. The lowest BCUT2D eigenvalue weighted by atomic mass is 10.1. The summed E-state index contributed by atoms with van der Waals surface area (Å²) < 4.78 is 65.0. The highest BCUT2D eigenvalue weighted by Gasteiger charge is 2.30. The molecule has 10 heteroatoms. The molecular formula is C22H22F3N3O3S. The number of terminal acetylenes is 1. The molecule has 1 amide bonds. The third kappa shape index (κ3) is 5.88. The minimum atomic E-state index is -4.38. The topological polar surface area (TPSA) is 69.7 Å². The van der Waals surface area contributed by atoms with Crippen molar-refractivity contribution in [2.24, 2.45) is 0 Å². The lowest BCUT2D eigenvalue weighted by Gasteiger charge is -2.35. The van der Waals surface area contributed by atoms with Gasteiger partial charge in [-0.2, -0.15) is 17.9 Å². The van der Waals surface area contributed by atoms with Crippen molar-refractivity contribution >= 4 is 15.9 Å². The number of halogens is 3. The van der Waals surface area contributed by atoms with Gasteiger partial charge in [0.1, 0.15) is 0 Å². The number of sulfonamides is 1. The number of carbonyl (C=O) groups is 1. The van der Waals surface area contributed by atoms with E-state index in [0.29, 0.717) is 43.9 Å². The number of nitrogens with zero attached hydrogens (tertiary/aromatic N) is 2. The zero-order valence-electron chi connectivity index (χ0n) is 17.1. The van der Waals surface area contributed by atoms with Crippen LogP contribution in [-0.4, -0.2) is 56.8 Å². The zero-order chi connectivity index (χ0) is 23.4. The van der Waals surface area contributed by atoms with Gasteiger partial charge in [-0.25, -0.2) is 8.42 Å². The standard InChI is InChI=1S/C22H22F3N3O3S/c1-2-10-26-32(30,31)20-8-6-18(7-9-20)21(29)28-13-11-27(12-14-28)16-17-4-3-5-19(15-17)22(23,24)25/h1,3-9,15,26H,10-14,16H2. The van der Waals surface area contributed by atoms with Gasteiger partial charge in [0, 0.05) is 38.3 Å². The van der Waals surface area contributed by atoms with E-state index < -0.39 is 21.8 Å². The van der Waals surface area contributed by atoms with Gasteiger partial charge in [-0.3, -0.25) is 9.69 Å². The number of piperazine rings is 1. The van der Waals surface area contributed by atoms with Crippen molar-refractivity contribution in [3.63, 3.8) is 0 Å². The van der Waals surface area contributed by atoms with Crippen LogP contribution in [0.2, 0.25) is 0 Å². The fraction of sp³-hybridized carbons (Fsp3) is 0.318. The maximum absolute atomic E-state index is 12.9. The van der Waals surface area contributed by atoms with E-state index in [1.54, 1.807) is 11.0 Å². The molecule has 6 nitrogen and oxygen atoms in total. The summed E-state index contributed by atoms with van der Waals surface area (Å²) in [5, 5.41) is 0. The van der Waals surface area contributed by atoms with Crippen LogP contribution < -0.4 is 4.72 Å². The second-order valence-electron chi connectivity index (χ2n) is 7.32. The number of nitrogens with one attached hydrogen (secondary N) is 1. The van der Waals surface area contributed by atoms with E-state index in [4.69, 9.17) is 6.42 Å². The summed E-state index contributed by atoms with van der Waals surface area (Å²) in [7, 11) is -3.73. The number of hydrogen-bond acceptors (Lipinski definition) is 4. The average molecular weight is 465 g/mol. The summed E-state index contributed by atoms with van der Waals surface area (Å²) in [4.78, 5) is 16.4. The second kappa shape index (κ2) is 9.73. The van der Waals surface area contributed by atoms with E-state index in [1.165, 1.54) is 30.3 Å². The summed E-state index contributed by atoms with van der Waals surface area (Å²) in [5.74, 6) is 1.96. The molecule has 0 aromatic heterocycles. The maximum Gasteiger partial charge on any atom is 0.416 e. The Labute approximate surface area is 185 Å². The van der Waals surface area contributed by atoms with Gasteiger partial charge in [-0.05, 0) is 35.9 Å². The van der Waals surface area contributed by atoms with Crippen LogP contribution in [0.4, 0.5) is 13.2 Å². The molecule has 1 aliphatic heterocycles. The van der Waals surface area contributed by atoms with Crippen LogP contribution in [0.1, 0.15) is 21.5 Å².